The van der Waals surface area contributed by atoms with E-state index >= 15 is 0 Å². The van der Waals surface area contributed by atoms with E-state index in [-0.39, 0.29) is 144 Å². The zero-order chi connectivity index (χ0) is 106. The summed E-state index contributed by atoms with van der Waals surface area (Å²) in [6.45, 7) is 24.2. The van der Waals surface area contributed by atoms with Crippen LogP contribution in [0.2, 0.25) is 0 Å². The second kappa shape index (κ2) is 60.0. The minimum Gasteiger partial charge on any atom is -0.317 e. The van der Waals surface area contributed by atoms with E-state index < -0.39 is 42.3 Å². The summed E-state index contributed by atoms with van der Waals surface area (Å²) < 4.78 is 0. The summed E-state index contributed by atoms with van der Waals surface area (Å²) in [7, 11) is 23.6. The second-order valence-electron chi connectivity index (χ2n) is 37.9. The predicted molar refractivity (Wildman–Crippen MR) is 512 cm³/mol. The molecule has 0 aromatic heterocycles. The van der Waals surface area contributed by atoms with Crippen LogP contribution in [0.4, 0.5) is 33.6 Å². The lowest BCUT2D eigenvalue weighted by Gasteiger charge is -2.29. The summed E-state index contributed by atoms with van der Waals surface area (Å²) in [6, 6.07) is -4.02. The van der Waals surface area contributed by atoms with Crippen molar-refractivity contribution in [2.45, 2.75) is 273 Å². The quantitative estimate of drug-likeness (QED) is 0.0266. The highest BCUT2D eigenvalue weighted by Crippen LogP contribution is 2.37. The molecule has 14 heterocycles. The summed E-state index contributed by atoms with van der Waals surface area (Å²) in [4.78, 5) is 258. The van der Waals surface area contributed by atoms with Gasteiger partial charge in [-0.05, 0) is 193 Å². The van der Waals surface area contributed by atoms with Crippen molar-refractivity contribution in [3.63, 3.8) is 0 Å². The van der Waals surface area contributed by atoms with Crippen LogP contribution < -0.4 is 54.3 Å². The van der Waals surface area contributed by atoms with Crippen LogP contribution in [0.3, 0.4) is 0 Å². The predicted octanol–water partition coefficient (Wildman–Crippen LogP) is -0.693. The molecule has 10 N–H and O–H groups in total. The van der Waals surface area contributed by atoms with Gasteiger partial charge in [-0.2, -0.15) is 35.4 Å². The van der Waals surface area contributed by atoms with Gasteiger partial charge in [0.2, 0.25) is 0 Å². The summed E-state index contributed by atoms with van der Waals surface area (Å²) in [6.07, 6.45) is 13.7. The maximum absolute atomic E-state index is 12.2. The molecule has 0 saturated carbocycles. The lowest BCUT2D eigenvalue weighted by molar-refractivity contribution is -0.143. The monoisotopic (exact) mass is 2060 g/mol. The SMILES string of the molecule is CCCCCONC(=O)[C@@H]1CC[C@@H]2CN1C(=O)N2OC.CCCN(C)CCONC(=O)[C@@H]1CC[C@@H]2CN1C(=O)N2OC.CNC[C@H](C)ONC(=O)[C@@H]1CC[C@@H]2CN1C(=O)N2OC.CN[C@@H](C)CONC(=O)[C@@H]1CC[C@@H]2CN1C(=O)N2OC.CN[C@H](C)CONC(=O)[C@@H]1CC[C@@H]2CN1C(=O)N2OC.CON1C(=O)N2C[C@H]1CC[C@H]2C(=O)NOCCN(C)C.CON1C(=O)N2C[C@H]1CC[C@H]2C(=O)NOCCN(C)C(C)C. The number of unbranched alkanes of at least 4 members (excludes halogenated alkanes) is 2. The highest BCUT2D eigenvalue weighted by Gasteiger charge is 2.55. The fraction of sp³-hybridized carbons (Fsp3) is 0.843. The van der Waals surface area contributed by atoms with Crippen LogP contribution in [0.25, 0.3) is 0 Å². The van der Waals surface area contributed by atoms with Gasteiger partial charge in [0.25, 0.3) is 41.4 Å². The number of nitrogens with one attached hydrogen (secondary N) is 10. The second-order valence-corrected chi connectivity index (χ2v) is 37.9. The lowest BCUT2D eigenvalue weighted by Crippen LogP contribution is -2.50. The van der Waals surface area contributed by atoms with Crippen molar-refractivity contribution >= 4 is 83.6 Å². The highest BCUT2D eigenvalue weighted by molar-refractivity contribution is 5.92. The van der Waals surface area contributed by atoms with Gasteiger partial charge in [-0.1, -0.05) is 26.7 Å². The van der Waals surface area contributed by atoms with Crippen LogP contribution in [-0.2, 0) is 101 Å². The van der Waals surface area contributed by atoms with Crippen molar-refractivity contribution in [2.24, 2.45) is 0 Å². The van der Waals surface area contributed by atoms with Crippen LogP contribution >= 0.6 is 0 Å². The Hall–Kier alpha value is -9.62. The molecule has 822 valence electrons. The molecule has 14 fully saturated rings. The topological polar surface area (TPSA) is 544 Å². The molecule has 21 amide bonds. The Morgan fingerprint density at radius 2 is 0.556 bits per heavy atom. The van der Waals surface area contributed by atoms with E-state index in [1.807, 2.05) is 75.0 Å². The largest absolute Gasteiger partial charge is 0.345 e. The average molecular weight is 2060 g/mol. The molecule has 144 heavy (non-hydrogen) atoms. The normalized spacial score (nSPS) is 25.7. The Labute approximate surface area is 843 Å². The molecule has 55 heteroatoms. The fourth-order valence-corrected chi connectivity index (χ4v) is 18.8. The summed E-state index contributed by atoms with van der Waals surface area (Å²) >= 11 is 0. The van der Waals surface area contributed by atoms with Crippen molar-refractivity contribution in [1.29, 1.82) is 0 Å². The maximum atomic E-state index is 12.2. The molecule has 0 aromatic carbocycles. The first-order valence-electron chi connectivity index (χ1n) is 50.0. The minimum atomic E-state index is -0.485. The van der Waals surface area contributed by atoms with Crippen LogP contribution in [0.5, 0.6) is 0 Å². The van der Waals surface area contributed by atoms with Gasteiger partial charge >= 0.3 is 42.2 Å². The highest BCUT2D eigenvalue weighted by atomic mass is 16.7. The Morgan fingerprint density at radius 1 is 0.312 bits per heavy atom. The van der Waals surface area contributed by atoms with Crippen LogP contribution in [0.15, 0.2) is 0 Å². The van der Waals surface area contributed by atoms with Crippen LogP contribution in [-0.4, -0.2) is 494 Å². The number of carbonyl (C=O) groups is 14. The Morgan fingerprint density at radius 3 is 0.785 bits per heavy atom. The van der Waals surface area contributed by atoms with E-state index in [4.69, 9.17) is 67.7 Å². The van der Waals surface area contributed by atoms with Gasteiger partial charge < -0.3 is 64.9 Å². The van der Waals surface area contributed by atoms with Gasteiger partial charge in [0.15, 0.2) is 0 Å². The number of hydroxylamine groups is 21. The number of likely N-dealkylation sites (N-methyl/N-ethyl adjacent to an activating group) is 6. The summed E-state index contributed by atoms with van der Waals surface area (Å²) in [5, 5.41) is 18.4. The molecule has 14 saturated heterocycles. The number of hydrogen-bond acceptors (Lipinski definition) is 34. The summed E-state index contributed by atoms with van der Waals surface area (Å²) in [5.41, 5.74) is 17.1. The third kappa shape index (κ3) is 32.2. The van der Waals surface area contributed by atoms with E-state index in [1.165, 1.54) is 95.0 Å². The van der Waals surface area contributed by atoms with E-state index in [9.17, 15) is 67.1 Å². The molecule has 14 aliphatic rings. The molecule has 14 aliphatic heterocycles. The maximum Gasteiger partial charge on any atom is 0.345 e. The number of fused-ring (bicyclic) bond motifs is 14. The molecule has 0 aromatic rings. The van der Waals surface area contributed by atoms with Crippen molar-refractivity contribution in [3.8, 4) is 0 Å². The van der Waals surface area contributed by atoms with Gasteiger partial charge in [0, 0.05) is 90.1 Å². The van der Waals surface area contributed by atoms with Crippen molar-refractivity contribution in [1.82, 2.24) is 139 Å². The number of amides is 21. The van der Waals surface area contributed by atoms with Gasteiger partial charge in [-0.3, -0.25) is 101 Å². The molecule has 0 spiro atoms. The zero-order valence-electron chi connectivity index (χ0n) is 87.9. The number of piperidine rings is 7. The third-order valence-corrected chi connectivity index (χ3v) is 27.4. The first-order valence-corrected chi connectivity index (χ1v) is 50.0. The molecule has 0 aliphatic carbocycles. The smallest absolute Gasteiger partial charge is 0.317 e. The number of hydrogen-bond donors (Lipinski definition) is 10. The fourth-order valence-electron chi connectivity index (χ4n) is 18.8. The molecule has 14 rings (SSSR count). The third-order valence-electron chi connectivity index (χ3n) is 27.4. The van der Waals surface area contributed by atoms with Crippen molar-refractivity contribution < 1.29 is 135 Å². The molecule has 14 bridgehead atoms. The van der Waals surface area contributed by atoms with E-state index in [0.29, 0.717) is 150 Å². The van der Waals surface area contributed by atoms with Gasteiger partial charge in [-0.25, -0.2) is 71.9 Å². The van der Waals surface area contributed by atoms with Crippen LogP contribution in [0, 0.1) is 0 Å². The van der Waals surface area contributed by atoms with Gasteiger partial charge in [-0.15, -0.1) is 0 Å². The zero-order valence-corrected chi connectivity index (χ0v) is 87.9. The van der Waals surface area contributed by atoms with Gasteiger partial charge in [0.05, 0.1) is 138 Å². The first kappa shape index (κ1) is 120. The Balaban J connectivity index is 0.000000205. The van der Waals surface area contributed by atoms with E-state index in [1.54, 1.807) is 24.5 Å². The Kier molecular flexibility index (Phi) is 49.8. The Bertz CT molecular complexity index is 4030. The molecule has 0 radical (unpaired) electrons. The molecular formula is C89H163N27O28. The molecule has 55 nitrogen and oxygen atoms in total. The lowest BCUT2D eigenvalue weighted by atomic mass is 10.0. The van der Waals surface area contributed by atoms with E-state index in [0.717, 1.165) is 90.3 Å². The minimum absolute atomic E-state index is 0.0423. The number of rotatable bonds is 46. The number of carbonyl (C=O) groups excluding carboxylic acids is 14. The number of urea groups is 7. The van der Waals surface area contributed by atoms with Crippen molar-refractivity contribution in [2.75, 3.05) is 217 Å². The molecule has 17 atom stereocenters. The first-order chi connectivity index (χ1) is 69.0. The van der Waals surface area contributed by atoms with Gasteiger partial charge in [0.1, 0.15) is 42.3 Å². The number of nitrogens with zero attached hydrogens (tertiary/aromatic N) is 17. The standard InChI is InChI=1S/2C14H26N4O4.C13H23N3O4.4C12H22N4O4/c1-10(2)16(3)7-8-22-15-13(19)12-6-5-11-9-17(12)14(20)18(11)21-4;1-4-7-16(2)8-9-22-15-13(19)12-6-5-11-10-17(12)14(20)18(11)21-3;1-3-4-5-8-20-14-12(17)11-7-6-10-9-15(11)13(18)16(10)19-2;2*1-8(13-2)7-20-14-11(17)10-5-4-9-6-15(10)12(18)16(9)19-3;1-8(6-13-2)20-14-11(17)10-5-4-9-7-15(10)12(18)16(9)19-3;1-14(2)6-7-20-13-11(17)10-5-4-9-8-15(10)12(18)16(9)19-3/h10-12H,5-9H2,1-4H3,(H,15,19);11-12H,4-10H2,1-3H3,(H,15,19);10-11H,3-9H2,1-2H3,(H,14,17);3*8-10,13H,4-7H2,1-3H3,(H,14,17);9-10H,4-8H2,1-3H3,(H,13,17)/t2*11-,12+;10-,11+;8-,9+,10-;8-,9-,10+;8-,9+,10-;9-,10+/m1110101/s1. The molecule has 0 unspecified atom stereocenters. The average Bonchev–Trinajstić information content (AvgIpc) is 1.68. The molecular weight excluding hydrogens is 1900 g/mol. The van der Waals surface area contributed by atoms with E-state index in [2.05, 4.69) is 91.8 Å². The summed E-state index contributed by atoms with van der Waals surface area (Å²) in [5.74, 6) is -1.88. The van der Waals surface area contributed by atoms with Crippen LogP contribution in [0.1, 0.15) is 164 Å². The van der Waals surface area contributed by atoms with Crippen molar-refractivity contribution in [3.05, 3.63) is 0 Å².